The lowest BCUT2D eigenvalue weighted by Gasteiger charge is -1.96. The fourth-order valence-electron chi connectivity index (χ4n) is 1.69. The molecule has 0 atom stereocenters. The van der Waals surface area contributed by atoms with Gasteiger partial charge in [0.15, 0.2) is 0 Å². The molecule has 2 aromatic carbocycles. The summed E-state index contributed by atoms with van der Waals surface area (Å²) in [6, 6.07) is 15.2. The Morgan fingerprint density at radius 3 is 2.42 bits per heavy atom. The number of esters is 1. The molecular weight excluding hydrogens is 355 g/mol. The molecule has 98 valence electrons. The minimum absolute atomic E-state index is 0.138. The molecule has 4 heteroatoms. The van der Waals surface area contributed by atoms with Crippen molar-refractivity contribution in [1.29, 1.82) is 0 Å². The molecule has 0 unspecified atom stereocenters. The van der Waals surface area contributed by atoms with E-state index in [-0.39, 0.29) is 12.6 Å². The van der Waals surface area contributed by atoms with Crippen LogP contribution in [-0.2, 0) is 18.0 Å². The van der Waals surface area contributed by atoms with Crippen molar-refractivity contribution >= 4 is 28.6 Å². The van der Waals surface area contributed by atoms with Gasteiger partial charge >= 0.3 is 5.97 Å². The van der Waals surface area contributed by atoms with E-state index in [4.69, 9.17) is 9.84 Å². The maximum absolute atomic E-state index is 10.8. The fourth-order valence-corrected chi connectivity index (χ4v) is 2.25. The standard InChI is InChI=1S/C8H6O2.C7H7IO/c9-8-7-4-2-1-3-6(7)5-10-8;8-7-4-2-1-3-6(7)5-9/h1-4H,5H2;1-4,9H,5H2. The smallest absolute Gasteiger partial charge is 0.338 e. The van der Waals surface area contributed by atoms with E-state index in [2.05, 4.69) is 22.6 Å². The summed E-state index contributed by atoms with van der Waals surface area (Å²) in [5.74, 6) is -0.199. The maximum atomic E-state index is 10.8. The first-order valence-electron chi connectivity index (χ1n) is 5.81. The second-order valence-corrected chi connectivity index (χ2v) is 5.14. The summed E-state index contributed by atoms with van der Waals surface area (Å²) in [4.78, 5) is 10.8. The van der Waals surface area contributed by atoms with E-state index < -0.39 is 0 Å². The lowest BCUT2D eigenvalue weighted by atomic mass is 10.1. The number of hydrogen-bond acceptors (Lipinski definition) is 3. The monoisotopic (exact) mass is 368 g/mol. The highest BCUT2D eigenvalue weighted by Gasteiger charge is 2.18. The molecule has 0 bridgehead atoms. The summed E-state index contributed by atoms with van der Waals surface area (Å²) in [5, 5.41) is 8.71. The van der Waals surface area contributed by atoms with Crippen LogP contribution in [0.15, 0.2) is 48.5 Å². The van der Waals surface area contributed by atoms with Gasteiger partial charge in [0.05, 0.1) is 12.2 Å². The van der Waals surface area contributed by atoms with Crippen LogP contribution in [0, 0.1) is 3.57 Å². The second kappa shape index (κ2) is 6.68. The van der Waals surface area contributed by atoms with Crippen molar-refractivity contribution < 1.29 is 14.6 Å². The first kappa shape index (κ1) is 14.0. The molecule has 1 N–H and O–H groups in total. The highest BCUT2D eigenvalue weighted by Crippen LogP contribution is 2.18. The Bertz CT molecular complexity index is 581. The number of hydrogen-bond donors (Lipinski definition) is 1. The number of fused-ring (bicyclic) bond motifs is 1. The van der Waals surface area contributed by atoms with Crippen LogP contribution in [0.2, 0.25) is 0 Å². The summed E-state index contributed by atoms with van der Waals surface area (Å²) >= 11 is 2.20. The average Bonchev–Trinajstić information content (AvgIpc) is 2.82. The lowest BCUT2D eigenvalue weighted by Crippen LogP contribution is -1.91. The van der Waals surface area contributed by atoms with Crippen LogP contribution < -0.4 is 0 Å². The summed E-state index contributed by atoms with van der Waals surface area (Å²) < 4.78 is 5.91. The third-order valence-electron chi connectivity index (χ3n) is 2.72. The molecule has 0 aromatic heterocycles. The van der Waals surface area contributed by atoms with Crippen molar-refractivity contribution in [2.24, 2.45) is 0 Å². The van der Waals surface area contributed by atoms with Gasteiger partial charge in [-0.25, -0.2) is 4.79 Å². The van der Waals surface area contributed by atoms with Crippen molar-refractivity contribution in [2.75, 3.05) is 0 Å². The first-order valence-corrected chi connectivity index (χ1v) is 6.89. The predicted molar refractivity (Wildman–Crippen MR) is 80.6 cm³/mol. The Hall–Kier alpha value is -1.40. The van der Waals surface area contributed by atoms with Crippen molar-refractivity contribution in [3.8, 4) is 0 Å². The van der Waals surface area contributed by atoms with Crippen LogP contribution >= 0.6 is 22.6 Å². The minimum atomic E-state index is -0.199. The van der Waals surface area contributed by atoms with E-state index in [0.717, 1.165) is 14.7 Å². The van der Waals surface area contributed by atoms with Crippen molar-refractivity contribution in [1.82, 2.24) is 0 Å². The van der Waals surface area contributed by atoms with Crippen molar-refractivity contribution in [3.63, 3.8) is 0 Å². The zero-order valence-electron chi connectivity index (χ0n) is 10.2. The molecule has 0 aliphatic carbocycles. The predicted octanol–water partition coefficient (Wildman–Crippen LogP) is 3.14. The molecule has 3 rings (SSSR count). The van der Waals surface area contributed by atoms with Crippen molar-refractivity contribution in [2.45, 2.75) is 13.2 Å². The molecule has 1 aliphatic rings. The van der Waals surface area contributed by atoms with E-state index in [1.54, 1.807) is 6.07 Å². The van der Waals surface area contributed by atoms with Gasteiger partial charge < -0.3 is 9.84 Å². The van der Waals surface area contributed by atoms with Gasteiger partial charge in [-0.1, -0.05) is 36.4 Å². The quantitative estimate of drug-likeness (QED) is 0.622. The van der Waals surface area contributed by atoms with E-state index in [1.807, 2.05) is 42.5 Å². The Labute approximate surface area is 125 Å². The zero-order chi connectivity index (χ0) is 13.7. The van der Waals surface area contributed by atoms with Gasteiger partial charge in [-0.05, 0) is 40.3 Å². The average molecular weight is 368 g/mol. The lowest BCUT2D eigenvalue weighted by molar-refractivity contribution is 0.0535. The molecular formula is C15H13IO3. The molecule has 0 saturated carbocycles. The van der Waals surface area contributed by atoms with Crippen LogP contribution in [0.1, 0.15) is 21.5 Å². The number of aliphatic hydroxyl groups is 1. The molecule has 0 saturated heterocycles. The number of carbonyl (C=O) groups is 1. The number of ether oxygens (including phenoxy) is 1. The molecule has 1 aliphatic heterocycles. The molecule has 2 aromatic rings. The Morgan fingerprint density at radius 1 is 1.11 bits per heavy atom. The number of benzene rings is 2. The summed E-state index contributed by atoms with van der Waals surface area (Å²) in [5.41, 5.74) is 2.70. The third kappa shape index (κ3) is 3.54. The largest absolute Gasteiger partial charge is 0.457 e. The molecule has 0 fully saturated rings. The molecule has 1 heterocycles. The van der Waals surface area contributed by atoms with Gasteiger partial charge in [0.2, 0.25) is 0 Å². The number of rotatable bonds is 1. The van der Waals surface area contributed by atoms with Gasteiger partial charge in [-0.15, -0.1) is 0 Å². The normalized spacial score (nSPS) is 12.2. The van der Waals surface area contributed by atoms with E-state index in [0.29, 0.717) is 12.2 Å². The van der Waals surface area contributed by atoms with Gasteiger partial charge in [0, 0.05) is 9.13 Å². The summed E-state index contributed by atoms with van der Waals surface area (Å²) in [6.07, 6.45) is 0. The Morgan fingerprint density at radius 2 is 1.79 bits per heavy atom. The van der Waals surface area contributed by atoms with Gasteiger partial charge in [0.1, 0.15) is 6.61 Å². The number of aliphatic hydroxyl groups excluding tert-OH is 1. The summed E-state index contributed by atoms with van der Waals surface area (Å²) in [6.45, 7) is 0.577. The highest BCUT2D eigenvalue weighted by atomic mass is 127. The molecule has 19 heavy (non-hydrogen) atoms. The highest BCUT2D eigenvalue weighted by molar-refractivity contribution is 14.1. The van der Waals surface area contributed by atoms with Gasteiger partial charge in [0.25, 0.3) is 0 Å². The number of cyclic esters (lactones) is 1. The van der Waals surface area contributed by atoms with Crippen LogP contribution in [0.3, 0.4) is 0 Å². The van der Waals surface area contributed by atoms with E-state index in [9.17, 15) is 4.79 Å². The van der Waals surface area contributed by atoms with Gasteiger partial charge in [-0.3, -0.25) is 0 Å². The van der Waals surface area contributed by atoms with Crippen LogP contribution in [0.25, 0.3) is 0 Å². The zero-order valence-corrected chi connectivity index (χ0v) is 12.3. The van der Waals surface area contributed by atoms with E-state index >= 15 is 0 Å². The molecule has 0 radical (unpaired) electrons. The van der Waals surface area contributed by atoms with Crippen LogP contribution in [-0.4, -0.2) is 11.1 Å². The summed E-state index contributed by atoms with van der Waals surface area (Å²) in [7, 11) is 0. The second-order valence-electron chi connectivity index (χ2n) is 3.98. The first-order chi connectivity index (χ1) is 9.22. The maximum Gasteiger partial charge on any atom is 0.338 e. The van der Waals surface area contributed by atoms with Crippen molar-refractivity contribution in [3.05, 3.63) is 68.8 Å². The van der Waals surface area contributed by atoms with E-state index in [1.165, 1.54) is 0 Å². The van der Waals surface area contributed by atoms with Gasteiger partial charge in [-0.2, -0.15) is 0 Å². The Balaban J connectivity index is 0.000000141. The minimum Gasteiger partial charge on any atom is -0.457 e. The molecule has 0 spiro atoms. The SMILES string of the molecule is O=C1OCc2ccccc21.OCc1ccccc1I. The molecule has 0 amide bonds. The number of halogens is 1. The topological polar surface area (TPSA) is 46.5 Å². The fraction of sp³-hybridized carbons (Fsp3) is 0.133. The van der Waals surface area contributed by atoms with Crippen LogP contribution in [0.5, 0.6) is 0 Å². The third-order valence-corrected chi connectivity index (χ3v) is 3.78. The Kier molecular flexibility index (Phi) is 4.93. The van der Waals surface area contributed by atoms with Crippen LogP contribution in [0.4, 0.5) is 0 Å². The molecule has 3 nitrogen and oxygen atoms in total. The number of carbonyl (C=O) groups excluding carboxylic acids is 1.